The average Bonchev–Trinajstić information content (AvgIpc) is 2.39. The van der Waals surface area contributed by atoms with Gasteiger partial charge in [-0.2, -0.15) is 0 Å². The number of benzene rings is 1. The molecule has 1 saturated carbocycles. The highest BCUT2D eigenvalue weighted by molar-refractivity contribution is 9.10. The molecule has 1 aromatic rings. The van der Waals surface area contributed by atoms with Gasteiger partial charge in [-0.1, -0.05) is 40.5 Å². The van der Waals surface area contributed by atoms with Gasteiger partial charge in [-0.05, 0) is 49.9 Å². The predicted octanol–water partition coefficient (Wildman–Crippen LogP) is 4.19. The molecule has 0 aliphatic heterocycles. The van der Waals surface area contributed by atoms with Gasteiger partial charge < -0.3 is 5.73 Å². The first kappa shape index (κ1) is 15.3. The van der Waals surface area contributed by atoms with Gasteiger partial charge in [0, 0.05) is 28.1 Å². The third-order valence-electron chi connectivity index (χ3n) is 4.05. The molecule has 2 rings (SSSR count). The average molecular weight is 346 g/mol. The molecule has 106 valence electrons. The molecule has 2 N–H and O–H groups in total. The maximum atomic E-state index is 5.99. The highest BCUT2D eigenvalue weighted by Gasteiger charge is 2.23. The Balaban J connectivity index is 2.02. The summed E-state index contributed by atoms with van der Waals surface area (Å²) in [5.41, 5.74) is 7.30. The highest BCUT2D eigenvalue weighted by atomic mass is 79.9. The minimum Gasteiger partial charge on any atom is -0.328 e. The van der Waals surface area contributed by atoms with Crippen molar-refractivity contribution in [2.45, 2.75) is 51.2 Å². The van der Waals surface area contributed by atoms with Crippen LogP contribution in [0.4, 0.5) is 0 Å². The minimum absolute atomic E-state index is 0.414. The monoisotopic (exact) mass is 344 g/mol. The second kappa shape index (κ2) is 7.07. The summed E-state index contributed by atoms with van der Waals surface area (Å²) >= 11 is 9.60. The van der Waals surface area contributed by atoms with E-state index in [2.05, 4.69) is 33.8 Å². The molecule has 0 heterocycles. The highest BCUT2D eigenvalue weighted by Crippen LogP contribution is 2.27. The lowest BCUT2D eigenvalue weighted by atomic mass is 9.90. The van der Waals surface area contributed by atoms with E-state index in [1.807, 2.05) is 12.1 Å². The summed E-state index contributed by atoms with van der Waals surface area (Å²) in [6.45, 7) is 4.29. The minimum atomic E-state index is 0.414. The lowest BCUT2D eigenvalue weighted by molar-refractivity contribution is 0.149. The zero-order valence-corrected chi connectivity index (χ0v) is 13.8. The fraction of sp³-hybridized carbons (Fsp3) is 0.600. The van der Waals surface area contributed by atoms with Crippen LogP contribution in [0.25, 0.3) is 0 Å². The van der Waals surface area contributed by atoms with E-state index >= 15 is 0 Å². The van der Waals surface area contributed by atoms with E-state index < -0.39 is 0 Å². The summed E-state index contributed by atoms with van der Waals surface area (Å²) in [7, 11) is 0. The maximum absolute atomic E-state index is 5.99. The Labute approximate surface area is 129 Å². The summed E-state index contributed by atoms with van der Waals surface area (Å²) in [5.74, 6) is 0. The lowest BCUT2D eigenvalue weighted by Crippen LogP contribution is -2.40. The molecule has 1 aliphatic carbocycles. The van der Waals surface area contributed by atoms with Crippen LogP contribution in [-0.2, 0) is 6.54 Å². The predicted molar refractivity (Wildman–Crippen MR) is 85.5 cm³/mol. The van der Waals surface area contributed by atoms with Crippen LogP contribution in [0.3, 0.4) is 0 Å². The van der Waals surface area contributed by atoms with Crippen molar-refractivity contribution in [3.8, 4) is 0 Å². The normalized spacial score (nSPS) is 23.8. The second-order valence-corrected chi connectivity index (χ2v) is 6.66. The molecule has 0 radical (unpaired) electrons. The molecule has 1 aromatic carbocycles. The molecular formula is C15H22BrClN2. The first-order valence-corrected chi connectivity index (χ1v) is 8.20. The molecule has 0 saturated heterocycles. The van der Waals surface area contributed by atoms with Gasteiger partial charge in [0.2, 0.25) is 0 Å². The number of rotatable bonds is 4. The smallest absolute Gasteiger partial charge is 0.0417 e. The van der Waals surface area contributed by atoms with E-state index in [1.54, 1.807) is 0 Å². The van der Waals surface area contributed by atoms with E-state index in [0.717, 1.165) is 35.4 Å². The zero-order valence-electron chi connectivity index (χ0n) is 11.4. The SMILES string of the molecule is CCN(Cc1ccc(Cl)cc1Br)C1CCC(N)CC1. The molecule has 2 nitrogen and oxygen atoms in total. The molecule has 0 unspecified atom stereocenters. The van der Waals surface area contributed by atoms with Crippen LogP contribution < -0.4 is 5.73 Å². The number of hydrogen-bond acceptors (Lipinski definition) is 2. The molecular weight excluding hydrogens is 324 g/mol. The van der Waals surface area contributed by atoms with E-state index in [9.17, 15) is 0 Å². The molecule has 0 aromatic heterocycles. The Morgan fingerprint density at radius 1 is 1.32 bits per heavy atom. The van der Waals surface area contributed by atoms with Crippen LogP contribution in [0.5, 0.6) is 0 Å². The van der Waals surface area contributed by atoms with Crippen molar-refractivity contribution >= 4 is 27.5 Å². The molecule has 4 heteroatoms. The molecule has 1 fully saturated rings. The van der Waals surface area contributed by atoms with Crippen molar-refractivity contribution in [1.29, 1.82) is 0 Å². The third kappa shape index (κ3) is 4.19. The molecule has 0 spiro atoms. The van der Waals surface area contributed by atoms with Crippen molar-refractivity contribution in [3.05, 3.63) is 33.3 Å². The molecule has 0 amide bonds. The maximum Gasteiger partial charge on any atom is 0.0417 e. The van der Waals surface area contributed by atoms with Crippen molar-refractivity contribution in [1.82, 2.24) is 4.90 Å². The largest absolute Gasteiger partial charge is 0.328 e. The third-order valence-corrected chi connectivity index (χ3v) is 5.03. The Kier molecular flexibility index (Phi) is 5.70. The van der Waals surface area contributed by atoms with Gasteiger partial charge in [0.1, 0.15) is 0 Å². The van der Waals surface area contributed by atoms with Crippen LogP contribution in [0, 0.1) is 0 Å². The molecule has 0 bridgehead atoms. The Morgan fingerprint density at radius 2 is 2.00 bits per heavy atom. The Hall–Kier alpha value is -0.0900. The summed E-state index contributed by atoms with van der Waals surface area (Å²) in [4.78, 5) is 2.56. The van der Waals surface area contributed by atoms with Crippen LogP contribution in [0.2, 0.25) is 5.02 Å². The number of halogens is 2. The quantitative estimate of drug-likeness (QED) is 0.886. The summed E-state index contributed by atoms with van der Waals surface area (Å²) in [6.07, 6.45) is 4.76. The Morgan fingerprint density at radius 3 is 2.58 bits per heavy atom. The van der Waals surface area contributed by atoms with Crippen molar-refractivity contribution in [3.63, 3.8) is 0 Å². The van der Waals surface area contributed by atoms with E-state index in [-0.39, 0.29) is 0 Å². The summed E-state index contributed by atoms with van der Waals surface area (Å²) in [5, 5.41) is 0.780. The first-order valence-electron chi connectivity index (χ1n) is 7.03. The molecule has 1 aliphatic rings. The Bertz CT molecular complexity index is 417. The van der Waals surface area contributed by atoms with E-state index in [1.165, 1.54) is 18.4 Å². The summed E-state index contributed by atoms with van der Waals surface area (Å²) < 4.78 is 1.10. The van der Waals surface area contributed by atoms with E-state index in [4.69, 9.17) is 17.3 Å². The summed E-state index contributed by atoms with van der Waals surface area (Å²) in [6, 6.07) is 7.14. The topological polar surface area (TPSA) is 29.3 Å². The van der Waals surface area contributed by atoms with Gasteiger partial charge in [0.05, 0.1) is 0 Å². The van der Waals surface area contributed by atoms with Crippen LogP contribution in [-0.4, -0.2) is 23.5 Å². The van der Waals surface area contributed by atoms with Gasteiger partial charge in [-0.25, -0.2) is 0 Å². The fourth-order valence-electron chi connectivity index (χ4n) is 2.83. The molecule has 0 atom stereocenters. The van der Waals surface area contributed by atoms with Gasteiger partial charge in [0.15, 0.2) is 0 Å². The van der Waals surface area contributed by atoms with Crippen LogP contribution in [0.1, 0.15) is 38.2 Å². The zero-order chi connectivity index (χ0) is 13.8. The van der Waals surface area contributed by atoms with Gasteiger partial charge >= 0.3 is 0 Å². The van der Waals surface area contributed by atoms with Crippen molar-refractivity contribution < 1.29 is 0 Å². The van der Waals surface area contributed by atoms with Crippen LogP contribution in [0.15, 0.2) is 22.7 Å². The van der Waals surface area contributed by atoms with Crippen LogP contribution >= 0.6 is 27.5 Å². The first-order chi connectivity index (χ1) is 9.10. The van der Waals surface area contributed by atoms with Gasteiger partial charge in [-0.3, -0.25) is 4.90 Å². The van der Waals surface area contributed by atoms with Gasteiger partial charge in [-0.15, -0.1) is 0 Å². The second-order valence-electron chi connectivity index (χ2n) is 5.37. The number of hydrogen-bond donors (Lipinski definition) is 1. The molecule has 19 heavy (non-hydrogen) atoms. The van der Waals surface area contributed by atoms with Gasteiger partial charge in [0.25, 0.3) is 0 Å². The fourth-order valence-corrected chi connectivity index (χ4v) is 3.64. The van der Waals surface area contributed by atoms with Crippen molar-refractivity contribution in [2.24, 2.45) is 5.73 Å². The van der Waals surface area contributed by atoms with E-state index in [0.29, 0.717) is 12.1 Å². The lowest BCUT2D eigenvalue weighted by Gasteiger charge is -2.35. The number of nitrogens with two attached hydrogens (primary N) is 1. The standard InChI is InChI=1S/C15H22BrClN2/c1-2-19(14-7-5-13(18)6-8-14)10-11-3-4-12(17)9-15(11)16/h3-4,9,13-14H,2,5-8,10,18H2,1H3. The number of nitrogens with zero attached hydrogens (tertiary/aromatic N) is 1. The van der Waals surface area contributed by atoms with Crippen molar-refractivity contribution in [2.75, 3.05) is 6.54 Å².